The maximum atomic E-state index is 12.8. The summed E-state index contributed by atoms with van der Waals surface area (Å²) in [6.07, 6.45) is 0. The third-order valence-electron chi connectivity index (χ3n) is 3.17. The average Bonchev–Trinajstić information content (AvgIpc) is 2.57. The van der Waals surface area contributed by atoms with E-state index in [0.717, 1.165) is 4.68 Å². The van der Waals surface area contributed by atoms with E-state index in [1.54, 1.807) is 30.3 Å². The van der Waals surface area contributed by atoms with Crippen molar-refractivity contribution in [3.05, 3.63) is 64.7 Å². The van der Waals surface area contributed by atoms with Crippen LogP contribution in [0.2, 0.25) is 0 Å². The van der Waals surface area contributed by atoms with Crippen LogP contribution in [-0.4, -0.2) is 22.0 Å². The molecule has 2 aromatic carbocycles. The van der Waals surface area contributed by atoms with Crippen molar-refractivity contribution in [2.45, 2.75) is 5.16 Å². The highest BCUT2D eigenvalue weighted by Crippen LogP contribution is 2.17. The second-order valence-corrected chi connectivity index (χ2v) is 5.80. The van der Waals surface area contributed by atoms with Gasteiger partial charge in [-0.15, -0.1) is 0 Å². The molecule has 3 rings (SSSR count). The number of para-hydroxylation sites is 1. The molecule has 118 valence electrons. The van der Waals surface area contributed by atoms with Gasteiger partial charge in [0.05, 0.1) is 17.5 Å². The number of nitrogens with zero attached hydrogens (tertiary/aromatic N) is 2. The predicted molar refractivity (Wildman–Crippen MR) is 88.8 cm³/mol. The molecule has 0 radical (unpaired) electrons. The minimum atomic E-state index is -0.306. The van der Waals surface area contributed by atoms with Crippen LogP contribution in [-0.2, 0) is 0 Å². The molecule has 0 atom stereocenters. The number of hydrogen-bond acceptors (Lipinski definition) is 5. The number of nitrogen functional groups attached to an aromatic ring is 1. The summed E-state index contributed by atoms with van der Waals surface area (Å²) in [5.74, 6) is 6.63. The van der Waals surface area contributed by atoms with Crippen LogP contribution >= 0.6 is 11.8 Å². The second kappa shape index (κ2) is 6.70. The second-order valence-electron chi connectivity index (χ2n) is 4.74. The van der Waals surface area contributed by atoms with Crippen LogP contribution in [0, 0.1) is 5.82 Å². The molecule has 0 unspecified atom stereocenters. The fourth-order valence-corrected chi connectivity index (χ4v) is 2.78. The van der Waals surface area contributed by atoms with E-state index >= 15 is 0 Å². The van der Waals surface area contributed by atoms with Gasteiger partial charge in [-0.3, -0.25) is 4.79 Å². The summed E-state index contributed by atoms with van der Waals surface area (Å²) in [4.78, 5) is 16.5. The summed E-state index contributed by atoms with van der Waals surface area (Å²) >= 11 is 1.33. The van der Waals surface area contributed by atoms with Crippen LogP contribution in [0.25, 0.3) is 10.9 Å². The lowest BCUT2D eigenvalue weighted by Gasteiger charge is -2.09. The van der Waals surface area contributed by atoms with Gasteiger partial charge in [0.2, 0.25) is 0 Å². The van der Waals surface area contributed by atoms with Crippen molar-refractivity contribution in [3.8, 4) is 5.75 Å². The third kappa shape index (κ3) is 3.45. The zero-order valence-corrected chi connectivity index (χ0v) is 12.9. The van der Waals surface area contributed by atoms with E-state index in [-0.39, 0.29) is 11.4 Å². The zero-order chi connectivity index (χ0) is 16.2. The fraction of sp³-hybridized carbons (Fsp3) is 0.125. The number of fused-ring (bicyclic) bond motifs is 1. The summed E-state index contributed by atoms with van der Waals surface area (Å²) in [5, 5.41) is 0.915. The van der Waals surface area contributed by atoms with Gasteiger partial charge in [0.25, 0.3) is 5.56 Å². The molecular weight excluding hydrogens is 317 g/mol. The molecule has 0 fully saturated rings. The van der Waals surface area contributed by atoms with Gasteiger partial charge in [-0.05, 0) is 36.4 Å². The standard InChI is InChI=1S/C16H14FN3O2S/c17-11-5-7-12(8-6-11)22-9-10-23-16-19-14-4-2-1-3-13(14)15(21)20(16)18/h1-8H,9-10,18H2. The Balaban J connectivity index is 1.66. The minimum absolute atomic E-state index is 0.280. The molecule has 23 heavy (non-hydrogen) atoms. The Morgan fingerprint density at radius 1 is 1.17 bits per heavy atom. The Bertz CT molecular complexity index is 881. The van der Waals surface area contributed by atoms with E-state index in [4.69, 9.17) is 10.6 Å². The smallest absolute Gasteiger partial charge is 0.280 e. The summed E-state index contributed by atoms with van der Waals surface area (Å²) < 4.78 is 19.3. The first kappa shape index (κ1) is 15.4. The van der Waals surface area contributed by atoms with Crippen LogP contribution in [0.3, 0.4) is 0 Å². The largest absolute Gasteiger partial charge is 0.493 e. The lowest BCUT2D eigenvalue weighted by molar-refractivity contribution is 0.343. The number of thioether (sulfide) groups is 1. The molecule has 0 amide bonds. The Morgan fingerprint density at radius 2 is 1.91 bits per heavy atom. The van der Waals surface area contributed by atoms with E-state index in [9.17, 15) is 9.18 Å². The number of aromatic nitrogens is 2. The number of nitrogens with two attached hydrogens (primary N) is 1. The molecule has 2 N–H and O–H groups in total. The normalized spacial score (nSPS) is 10.8. The molecule has 5 nitrogen and oxygen atoms in total. The van der Waals surface area contributed by atoms with Crippen molar-refractivity contribution in [1.29, 1.82) is 0 Å². The minimum Gasteiger partial charge on any atom is -0.493 e. The van der Waals surface area contributed by atoms with Gasteiger partial charge >= 0.3 is 0 Å². The van der Waals surface area contributed by atoms with Crippen molar-refractivity contribution >= 4 is 22.7 Å². The Morgan fingerprint density at radius 3 is 2.70 bits per heavy atom. The quantitative estimate of drug-likeness (QED) is 0.336. The maximum absolute atomic E-state index is 12.8. The molecule has 1 heterocycles. The van der Waals surface area contributed by atoms with Crippen molar-refractivity contribution in [1.82, 2.24) is 9.66 Å². The van der Waals surface area contributed by atoms with Gasteiger partial charge < -0.3 is 10.6 Å². The van der Waals surface area contributed by atoms with Crippen molar-refractivity contribution in [2.24, 2.45) is 0 Å². The first-order chi connectivity index (χ1) is 11.1. The first-order valence-corrected chi connectivity index (χ1v) is 7.92. The van der Waals surface area contributed by atoms with Crippen LogP contribution in [0.1, 0.15) is 0 Å². The molecule has 1 aromatic heterocycles. The summed E-state index contributed by atoms with van der Waals surface area (Å²) in [5.41, 5.74) is 0.332. The van der Waals surface area contributed by atoms with Gasteiger partial charge in [-0.1, -0.05) is 23.9 Å². The monoisotopic (exact) mass is 331 g/mol. The zero-order valence-electron chi connectivity index (χ0n) is 12.1. The Hall–Kier alpha value is -2.54. The van der Waals surface area contributed by atoms with Gasteiger partial charge in [0.15, 0.2) is 5.16 Å². The third-order valence-corrected chi connectivity index (χ3v) is 4.09. The van der Waals surface area contributed by atoms with Gasteiger partial charge in [-0.2, -0.15) is 0 Å². The Kier molecular flexibility index (Phi) is 4.47. The molecule has 0 saturated carbocycles. The summed E-state index contributed by atoms with van der Waals surface area (Å²) in [6, 6.07) is 12.9. The van der Waals surface area contributed by atoms with Crippen LogP contribution in [0.5, 0.6) is 5.75 Å². The van der Waals surface area contributed by atoms with Gasteiger partial charge in [-0.25, -0.2) is 14.1 Å². The SMILES string of the molecule is Nn1c(SCCOc2ccc(F)cc2)nc2ccccc2c1=O. The highest BCUT2D eigenvalue weighted by molar-refractivity contribution is 7.99. The van der Waals surface area contributed by atoms with Gasteiger partial charge in [0.1, 0.15) is 11.6 Å². The van der Waals surface area contributed by atoms with E-state index in [2.05, 4.69) is 4.98 Å². The number of halogens is 1. The molecule has 0 aliphatic carbocycles. The fourth-order valence-electron chi connectivity index (χ4n) is 2.05. The lowest BCUT2D eigenvalue weighted by Crippen LogP contribution is -2.29. The van der Waals surface area contributed by atoms with E-state index < -0.39 is 0 Å². The topological polar surface area (TPSA) is 70.1 Å². The molecule has 0 spiro atoms. The van der Waals surface area contributed by atoms with Crippen molar-refractivity contribution < 1.29 is 9.13 Å². The summed E-state index contributed by atoms with van der Waals surface area (Å²) in [6.45, 7) is 0.388. The highest BCUT2D eigenvalue weighted by Gasteiger charge is 2.08. The number of ether oxygens (including phenoxy) is 1. The molecule has 3 aromatic rings. The van der Waals surface area contributed by atoms with Gasteiger partial charge in [0, 0.05) is 5.75 Å². The van der Waals surface area contributed by atoms with Crippen LogP contribution in [0.4, 0.5) is 4.39 Å². The van der Waals surface area contributed by atoms with Crippen LogP contribution < -0.4 is 16.1 Å². The van der Waals surface area contributed by atoms with Crippen molar-refractivity contribution in [2.75, 3.05) is 18.2 Å². The number of rotatable bonds is 5. The molecule has 7 heteroatoms. The molecular formula is C16H14FN3O2S. The highest BCUT2D eigenvalue weighted by atomic mass is 32.2. The number of benzene rings is 2. The maximum Gasteiger partial charge on any atom is 0.280 e. The first-order valence-electron chi connectivity index (χ1n) is 6.93. The molecule has 0 aliphatic heterocycles. The van der Waals surface area contributed by atoms with E-state index in [1.165, 1.54) is 23.9 Å². The Labute approximate surface area is 135 Å². The predicted octanol–water partition coefficient (Wildman–Crippen LogP) is 2.42. The molecule has 0 aliphatic rings. The van der Waals surface area contributed by atoms with Crippen LogP contribution in [0.15, 0.2) is 58.5 Å². The number of hydrogen-bond donors (Lipinski definition) is 1. The van der Waals surface area contributed by atoms with E-state index in [1.807, 2.05) is 6.07 Å². The van der Waals surface area contributed by atoms with E-state index in [0.29, 0.717) is 34.2 Å². The average molecular weight is 331 g/mol. The summed E-state index contributed by atoms with van der Waals surface area (Å²) in [7, 11) is 0. The lowest BCUT2D eigenvalue weighted by atomic mass is 10.2. The molecule has 0 bridgehead atoms. The van der Waals surface area contributed by atoms with Crippen molar-refractivity contribution in [3.63, 3.8) is 0 Å². The molecule has 0 saturated heterocycles.